The van der Waals surface area contributed by atoms with Crippen molar-refractivity contribution < 1.29 is 28.5 Å². The van der Waals surface area contributed by atoms with Crippen molar-refractivity contribution in [3.05, 3.63) is 76.2 Å². The molecule has 1 fully saturated rings. The van der Waals surface area contributed by atoms with Crippen LogP contribution in [0.15, 0.2) is 65.6 Å². The summed E-state index contributed by atoms with van der Waals surface area (Å²) in [5.41, 5.74) is 1.79. The number of halogens is 1. The molecule has 1 aliphatic rings. The van der Waals surface area contributed by atoms with Gasteiger partial charge in [0, 0.05) is 0 Å². The molecule has 1 heterocycles. The predicted octanol–water partition coefficient (Wildman–Crippen LogP) is 5.79. The number of hydrogen-bond donors (Lipinski definition) is 1. The third-order valence-electron chi connectivity index (χ3n) is 5.41. The van der Waals surface area contributed by atoms with Gasteiger partial charge < -0.3 is 24.3 Å². The summed E-state index contributed by atoms with van der Waals surface area (Å²) >= 11 is 12.9. The number of para-hydroxylation sites is 2. The number of amides is 2. The molecular formula is C27H23ClN2O6S2. The van der Waals surface area contributed by atoms with E-state index in [4.69, 9.17) is 42.8 Å². The third-order valence-corrected chi connectivity index (χ3v) is 7.01. The highest BCUT2D eigenvalue weighted by atomic mass is 35.5. The molecule has 0 radical (unpaired) electrons. The standard InChI is InChI=1S/C27H23ClN2O6S2/c1-33-20-11-9-17(14-18(20)28)30-26(32)24(38-27(30)37)13-16-8-10-22(23(12-16)35-3)36-15-25(31)29-19-6-4-5-7-21(19)34-2/h4-14H,15H2,1-3H3,(H,29,31)/b24-13-. The fourth-order valence-electron chi connectivity index (χ4n) is 3.61. The van der Waals surface area contributed by atoms with E-state index in [2.05, 4.69) is 5.32 Å². The molecule has 1 aliphatic heterocycles. The quantitative estimate of drug-likeness (QED) is 0.256. The van der Waals surface area contributed by atoms with Gasteiger partial charge in [-0.2, -0.15) is 0 Å². The number of thiocarbonyl (C=S) groups is 1. The van der Waals surface area contributed by atoms with E-state index in [0.29, 0.717) is 54.2 Å². The molecule has 11 heteroatoms. The summed E-state index contributed by atoms with van der Waals surface area (Å²) in [5.74, 6) is 1.20. The van der Waals surface area contributed by atoms with Gasteiger partial charge >= 0.3 is 0 Å². The zero-order valence-electron chi connectivity index (χ0n) is 20.6. The van der Waals surface area contributed by atoms with Gasteiger partial charge in [-0.15, -0.1) is 0 Å². The fourth-order valence-corrected chi connectivity index (χ4v) is 5.16. The molecule has 3 aromatic carbocycles. The molecule has 0 bridgehead atoms. The molecule has 4 rings (SSSR count). The van der Waals surface area contributed by atoms with E-state index in [1.807, 2.05) is 6.07 Å². The van der Waals surface area contributed by atoms with E-state index in [1.54, 1.807) is 60.7 Å². The number of ether oxygens (including phenoxy) is 4. The molecule has 0 aliphatic carbocycles. The third kappa shape index (κ3) is 6.04. The van der Waals surface area contributed by atoms with Crippen molar-refractivity contribution in [1.29, 1.82) is 0 Å². The lowest BCUT2D eigenvalue weighted by Crippen LogP contribution is -2.27. The highest BCUT2D eigenvalue weighted by molar-refractivity contribution is 8.27. The van der Waals surface area contributed by atoms with Crippen molar-refractivity contribution in [2.45, 2.75) is 0 Å². The van der Waals surface area contributed by atoms with E-state index in [0.717, 1.165) is 0 Å². The lowest BCUT2D eigenvalue weighted by molar-refractivity contribution is -0.118. The van der Waals surface area contributed by atoms with Crippen LogP contribution in [0.1, 0.15) is 5.56 Å². The maximum absolute atomic E-state index is 13.1. The molecule has 2 amide bonds. The van der Waals surface area contributed by atoms with Gasteiger partial charge in [0.25, 0.3) is 11.8 Å². The molecule has 1 saturated heterocycles. The second-order valence-corrected chi connectivity index (χ2v) is 9.87. The summed E-state index contributed by atoms with van der Waals surface area (Å²) in [6, 6.07) is 17.3. The number of carbonyl (C=O) groups is 2. The van der Waals surface area contributed by atoms with Gasteiger partial charge in [-0.1, -0.05) is 53.8 Å². The Labute approximate surface area is 234 Å². The van der Waals surface area contributed by atoms with Crippen molar-refractivity contribution in [3.63, 3.8) is 0 Å². The molecule has 8 nitrogen and oxygen atoms in total. The zero-order chi connectivity index (χ0) is 27.2. The van der Waals surface area contributed by atoms with Crippen LogP contribution in [0, 0.1) is 0 Å². The number of rotatable bonds is 9. The van der Waals surface area contributed by atoms with Crippen LogP contribution in [0.25, 0.3) is 6.08 Å². The summed E-state index contributed by atoms with van der Waals surface area (Å²) in [5, 5.41) is 3.13. The highest BCUT2D eigenvalue weighted by Crippen LogP contribution is 2.39. The number of carbonyl (C=O) groups excluding carboxylic acids is 2. The maximum Gasteiger partial charge on any atom is 0.270 e. The predicted molar refractivity (Wildman–Crippen MR) is 154 cm³/mol. The molecule has 1 N–H and O–H groups in total. The maximum atomic E-state index is 13.1. The SMILES string of the molecule is COc1ccc(N2C(=O)/C(=C/c3ccc(OCC(=O)Nc4ccccc4OC)c(OC)c3)SC2=S)cc1Cl. The smallest absolute Gasteiger partial charge is 0.270 e. The number of nitrogens with zero attached hydrogens (tertiary/aromatic N) is 1. The molecular weight excluding hydrogens is 548 g/mol. The van der Waals surface area contributed by atoms with Crippen molar-refractivity contribution in [1.82, 2.24) is 0 Å². The molecule has 0 aromatic heterocycles. The summed E-state index contributed by atoms with van der Waals surface area (Å²) in [7, 11) is 4.54. The van der Waals surface area contributed by atoms with Gasteiger partial charge in [0.05, 0.1) is 42.6 Å². The van der Waals surface area contributed by atoms with Crippen molar-refractivity contribution in [2.75, 3.05) is 38.2 Å². The molecule has 3 aromatic rings. The van der Waals surface area contributed by atoms with Crippen molar-refractivity contribution in [2.24, 2.45) is 0 Å². The number of methoxy groups -OCH3 is 3. The minimum atomic E-state index is -0.358. The van der Waals surface area contributed by atoms with E-state index in [1.165, 1.54) is 38.0 Å². The topological polar surface area (TPSA) is 86.3 Å². The minimum Gasteiger partial charge on any atom is -0.495 e. The summed E-state index contributed by atoms with van der Waals surface area (Å²) in [4.78, 5) is 27.4. The van der Waals surface area contributed by atoms with Crippen molar-refractivity contribution in [3.8, 4) is 23.0 Å². The monoisotopic (exact) mass is 570 g/mol. The lowest BCUT2D eigenvalue weighted by atomic mass is 10.1. The van der Waals surface area contributed by atoms with Crippen LogP contribution < -0.4 is 29.2 Å². The first-order chi connectivity index (χ1) is 18.3. The fraction of sp³-hybridized carbons (Fsp3) is 0.148. The Bertz CT molecular complexity index is 1430. The normalized spacial score (nSPS) is 14.0. The summed E-state index contributed by atoms with van der Waals surface area (Å²) < 4.78 is 21.9. The van der Waals surface area contributed by atoms with E-state index < -0.39 is 0 Å². The lowest BCUT2D eigenvalue weighted by Gasteiger charge is -2.15. The van der Waals surface area contributed by atoms with Crippen LogP contribution in [-0.4, -0.2) is 44.1 Å². The molecule has 196 valence electrons. The number of hydrogen-bond acceptors (Lipinski definition) is 8. The molecule has 0 spiro atoms. The van der Waals surface area contributed by atoms with Crippen LogP contribution in [-0.2, 0) is 9.59 Å². The van der Waals surface area contributed by atoms with Gasteiger partial charge in [-0.05, 0) is 54.1 Å². The van der Waals surface area contributed by atoms with E-state index in [9.17, 15) is 9.59 Å². The Kier molecular flexibility index (Phi) is 8.77. The first-order valence-electron chi connectivity index (χ1n) is 11.2. The van der Waals surface area contributed by atoms with Gasteiger partial charge in [-0.3, -0.25) is 14.5 Å². The van der Waals surface area contributed by atoms with Gasteiger partial charge in [-0.25, -0.2) is 0 Å². The van der Waals surface area contributed by atoms with Gasteiger partial charge in [0.15, 0.2) is 22.4 Å². The van der Waals surface area contributed by atoms with Crippen LogP contribution in [0.3, 0.4) is 0 Å². The number of nitrogens with one attached hydrogen (secondary N) is 1. The molecule has 0 saturated carbocycles. The minimum absolute atomic E-state index is 0.239. The molecule has 0 atom stereocenters. The van der Waals surface area contributed by atoms with Crippen LogP contribution in [0.4, 0.5) is 11.4 Å². The molecule has 38 heavy (non-hydrogen) atoms. The Morgan fingerprint density at radius 2 is 1.68 bits per heavy atom. The number of anilines is 2. The Morgan fingerprint density at radius 3 is 2.39 bits per heavy atom. The number of benzene rings is 3. The Balaban J connectivity index is 1.46. The second kappa shape index (κ2) is 12.2. The first-order valence-corrected chi connectivity index (χ1v) is 12.8. The summed E-state index contributed by atoms with van der Waals surface area (Å²) in [6.07, 6.45) is 1.71. The van der Waals surface area contributed by atoms with E-state index >= 15 is 0 Å². The van der Waals surface area contributed by atoms with E-state index in [-0.39, 0.29) is 18.4 Å². The van der Waals surface area contributed by atoms with Crippen LogP contribution >= 0.6 is 35.6 Å². The van der Waals surface area contributed by atoms with Crippen molar-refractivity contribution >= 4 is 69.2 Å². The highest BCUT2D eigenvalue weighted by Gasteiger charge is 2.33. The van der Waals surface area contributed by atoms with Crippen LogP contribution in [0.5, 0.6) is 23.0 Å². The Morgan fingerprint density at radius 1 is 0.974 bits per heavy atom. The average Bonchev–Trinajstić information content (AvgIpc) is 3.20. The number of thioether (sulfide) groups is 1. The van der Waals surface area contributed by atoms with Crippen LogP contribution in [0.2, 0.25) is 5.02 Å². The molecule has 0 unspecified atom stereocenters. The first kappa shape index (κ1) is 27.3. The zero-order valence-corrected chi connectivity index (χ0v) is 23.0. The Hall–Kier alpha value is -3.73. The average molecular weight is 571 g/mol. The van der Waals surface area contributed by atoms with Gasteiger partial charge in [0.1, 0.15) is 11.5 Å². The largest absolute Gasteiger partial charge is 0.495 e. The summed E-state index contributed by atoms with van der Waals surface area (Å²) in [6.45, 7) is -0.239. The second-order valence-electron chi connectivity index (χ2n) is 7.78. The van der Waals surface area contributed by atoms with Gasteiger partial charge in [0.2, 0.25) is 0 Å².